The highest BCUT2D eigenvalue weighted by Crippen LogP contribution is 2.01. The Labute approximate surface area is 53.4 Å². The fraction of sp³-hybridized carbons (Fsp3) is 0.167. The predicted octanol–water partition coefficient (Wildman–Crippen LogP) is 1.05. The highest BCUT2D eigenvalue weighted by Gasteiger charge is 1.84. The summed E-state index contributed by atoms with van der Waals surface area (Å²) >= 11 is 0. The Morgan fingerprint density at radius 3 is 3.22 bits per heavy atom. The van der Waals surface area contributed by atoms with E-state index >= 15 is 0 Å². The molecule has 1 aromatic heterocycles. The highest BCUT2D eigenvalue weighted by molar-refractivity contribution is 5.50. The summed E-state index contributed by atoms with van der Waals surface area (Å²) in [5.41, 5.74) is 0. The first-order valence-electron chi connectivity index (χ1n) is 2.64. The Kier molecular flexibility index (Phi) is 1.90. The molecular weight excluding hydrogens is 116 g/mol. The zero-order valence-corrected chi connectivity index (χ0v) is 5.16. The van der Waals surface area contributed by atoms with Gasteiger partial charge in [-0.15, -0.1) is 0 Å². The number of H-pyrrole nitrogens is 1. The largest absolute Gasteiger partial charge is 0.430 e. The molecule has 0 amide bonds. The Bertz CT molecular complexity index is 179. The summed E-state index contributed by atoms with van der Waals surface area (Å²) in [6.45, 7) is 0. The van der Waals surface area contributed by atoms with Crippen LogP contribution in [0.4, 0.5) is 0 Å². The quantitative estimate of drug-likeness (QED) is 0.464. The lowest BCUT2D eigenvalue weighted by atomic mass is 10.7. The Morgan fingerprint density at radius 2 is 2.67 bits per heavy atom. The van der Waals surface area contributed by atoms with E-state index in [-0.39, 0.29) is 0 Å². The highest BCUT2D eigenvalue weighted by atomic mass is 16.5. The van der Waals surface area contributed by atoms with Gasteiger partial charge in [0.15, 0.2) is 12.3 Å². The second-order valence-electron chi connectivity index (χ2n) is 1.52. The van der Waals surface area contributed by atoms with E-state index in [1.807, 2.05) is 12.1 Å². The van der Waals surface area contributed by atoms with Crippen molar-refractivity contribution in [1.29, 1.82) is 0 Å². The lowest BCUT2D eigenvalue weighted by molar-refractivity contribution is 0.552. The molecule has 1 rings (SSSR count). The molecule has 1 N–H and O–H groups in total. The van der Waals surface area contributed by atoms with Crippen molar-refractivity contribution in [3.05, 3.63) is 18.3 Å². The van der Waals surface area contributed by atoms with Crippen LogP contribution in [0.1, 0.15) is 0 Å². The van der Waals surface area contributed by atoms with Gasteiger partial charge in [-0.2, -0.15) is 0 Å². The number of aromatic amines is 1. The number of aliphatic imine (C=N–C) groups is 1. The van der Waals surface area contributed by atoms with Crippen LogP contribution in [-0.4, -0.2) is 18.4 Å². The van der Waals surface area contributed by atoms with E-state index in [9.17, 15) is 0 Å². The van der Waals surface area contributed by atoms with Crippen molar-refractivity contribution in [3.8, 4) is 5.88 Å². The van der Waals surface area contributed by atoms with Gasteiger partial charge in [0.05, 0.1) is 0 Å². The molecule has 1 heterocycles. The second-order valence-corrected chi connectivity index (χ2v) is 1.52. The van der Waals surface area contributed by atoms with Crippen molar-refractivity contribution >= 4 is 6.40 Å². The van der Waals surface area contributed by atoms with Gasteiger partial charge < -0.3 is 9.72 Å². The fourth-order valence-corrected chi connectivity index (χ4v) is 0.497. The predicted molar refractivity (Wildman–Crippen MR) is 35.8 cm³/mol. The van der Waals surface area contributed by atoms with Crippen LogP contribution in [0.5, 0.6) is 5.88 Å². The standard InChI is InChI=1S/C6H8N2O/c1-7-5-9-6-3-2-4-8-6/h2-5,8H,1H3. The molecule has 9 heavy (non-hydrogen) atoms. The average molecular weight is 124 g/mol. The van der Waals surface area contributed by atoms with Crippen LogP contribution >= 0.6 is 0 Å². The molecular formula is C6H8N2O. The van der Waals surface area contributed by atoms with Crippen molar-refractivity contribution in [3.63, 3.8) is 0 Å². The van der Waals surface area contributed by atoms with Gasteiger partial charge in [-0.05, 0) is 6.07 Å². The van der Waals surface area contributed by atoms with Crippen molar-refractivity contribution in [2.24, 2.45) is 4.99 Å². The van der Waals surface area contributed by atoms with E-state index in [1.54, 1.807) is 13.2 Å². The molecule has 0 fully saturated rings. The number of aromatic nitrogens is 1. The van der Waals surface area contributed by atoms with E-state index in [4.69, 9.17) is 4.74 Å². The number of rotatable bonds is 2. The molecule has 1 aromatic rings. The molecule has 0 aliphatic rings. The number of hydrogen-bond acceptors (Lipinski definition) is 2. The van der Waals surface area contributed by atoms with E-state index < -0.39 is 0 Å². The molecule has 3 nitrogen and oxygen atoms in total. The fourth-order valence-electron chi connectivity index (χ4n) is 0.497. The van der Waals surface area contributed by atoms with Gasteiger partial charge >= 0.3 is 0 Å². The smallest absolute Gasteiger partial charge is 0.198 e. The first kappa shape index (κ1) is 5.88. The summed E-state index contributed by atoms with van der Waals surface area (Å²) < 4.78 is 4.95. The summed E-state index contributed by atoms with van der Waals surface area (Å²) in [6, 6.07) is 3.68. The van der Waals surface area contributed by atoms with Gasteiger partial charge in [0, 0.05) is 19.3 Å². The molecule has 0 saturated carbocycles. The zero-order chi connectivity index (χ0) is 6.53. The first-order chi connectivity index (χ1) is 4.43. The van der Waals surface area contributed by atoms with Crippen LogP contribution in [0.2, 0.25) is 0 Å². The number of nitrogens with zero attached hydrogens (tertiary/aromatic N) is 1. The normalized spacial score (nSPS) is 10.3. The van der Waals surface area contributed by atoms with Gasteiger partial charge in [0.1, 0.15) is 0 Å². The van der Waals surface area contributed by atoms with Gasteiger partial charge in [-0.3, -0.25) is 4.99 Å². The third-order valence-corrected chi connectivity index (χ3v) is 0.854. The molecule has 0 atom stereocenters. The van der Waals surface area contributed by atoms with Gasteiger partial charge in [-0.1, -0.05) is 0 Å². The van der Waals surface area contributed by atoms with E-state index in [0.717, 1.165) is 0 Å². The monoisotopic (exact) mass is 124 g/mol. The first-order valence-corrected chi connectivity index (χ1v) is 2.64. The van der Waals surface area contributed by atoms with Crippen molar-refractivity contribution in [1.82, 2.24) is 4.98 Å². The SMILES string of the molecule is CN=COc1ccc[nH]1. The van der Waals surface area contributed by atoms with Crippen LogP contribution in [0, 0.1) is 0 Å². The van der Waals surface area contributed by atoms with Crippen molar-refractivity contribution in [2.45, 2.75) is 0 Å². The number of ether oxygens (including phenoxy) is 1. The Balaban J connectivity index is 2.48. The summed E-state index contributed by atoms with van der Waals surface area (Å²) in [6.07, 6.45) is 3.17. The molecule has 0 aliphatic heterocycles. The van der Waals surface area contributed by atoms with Crippen molar-refractivity contribution < 1.29 is 4.74 Å². The Morgan fingerprint density at radius 1 is 1.78 bits per heavy atom. The maximum Gasteiger partial charge on any atom is 0.198 e. The lowest BCUT2D eigenvalue weighted by Crippen LogP contribution is -1.87. The molecule has 0 aromatic carbocycles. The third kappa shape index (κ3) is 1.60. The number of nitrogens with one attached hydrogen (secondary N) is 1. The topological polar surface area (TPSA) is 37.4 Å². The molecule has 0 unspecified atom stereocenters. The van der Waals surface area contributed by atoms with Crippen LogP contribution in [0.25, 0.3) is 0 Å². The van der Waals surface area contributed by atoms with Crippen molar-refractivity contribution in [2.75, 3.05) is 7.05 Å². The molecule has 0 spiro atoms. The minimum Gasteiger partial charge on any atom is -0.430 e. The molecule has 48 valence electrons. The molecule has 0 saturated heterocycles. The molecule has 0 bridgehead atoms. The van der Waals surface area contributed by atoms with Gasteiger partial charge in [0.25, 0.3) is 0 Å². The maximum atomic E-state index is 4.95. The second kappa shape index (κ2) is 2.91. The average Bonchev–Trinajstić information content (AvgIpc) is 2.34. The van der Waals surface area contributed by atoms with E-state index in [0.29, 0.717) is 5.88 Å². The number of hydrogen-bond donors (Lipinski definition) is 1. The van der Waals surface area contributed by atoms with E-state index in [1.165, 1.54) is 6.40 Å². The van der Waals surface area contributed by atoms with Crippen LogP contribution < -0.4 is 4.74 Å². The van der Waals surface area contributed by atoms with Gasteiger partial charge in [-0.25, -0.2) is 0 Å². The maximum absolute atomic E-state index is 4.95. The minimum atomic E-state index is 0.709. The summed E-state index contributed by atoms with van der Waals surface area (Å²) in [7, 11) is 1.66. The lowest BCUT2D eigenvalue weighted by Gasteiger charge is -1.89. The van der Waals surface area contributed by atoms with E-state index in [2.05, 4.69) is 9.98 Å². The minimum absolute atomic E-state index is 0.709. The van der Waals surface area contributed by atoms with Crippen LogP contribution in [0.15, 0.2) is 23.3 Å². The summed E-state index contributed by atoms with van der Waals surface area (Å²) in [4.78, 5) is 6.50. The van der Waals surface area contributed by atoms with Crippen LogP contribution in [0.3, 0.4) is 0 Å². The molecule has 0 aliphatic carbocycles. The third-order valence-electron chi connectivity index (χ3n) is 0.854. The molecule has 0 radical (unpaired) electrons. The molecule has 3 heteroatoms. The van der Waals surface area contributed by atoms with Gasteiger partial charge in [0.2, 0.25) is 0 Å². The Hall–Kier alpha value is -1.25. The zero-order valence-electron chi connectivity index (χ0n) is 5.16. The summed E-state index contributed by atoms with van der Waals surface area (Å²) in [5.74, 6) is 0.709. The summed E-state index contributed by atoms with van der Waals surface area (Å²) in [5, 5.41) is 0. The van der Waals surface area contributed by atoms with Crippen LogP contribution in [-0.2, 0) is 0 Å².